The molecule has 1 aromatic rings. The molecule has 9 heteroatoms. The van der Waals surface area contributed by atoms with Gasteiger partial charge in [-0.1, -0.05) is 39.8 Å². The third-order valence-electron chi connectivity index (χ3n) is 6.85. The Balaban J connectivity index is 1.89. The normalized spacial score (nSPS) is 26.5. The average molecular weight is 436 g/mol. The molecule has 0 aromatic carbocycles. The van der Waals surface area contributed by atoms with Gasteiger partial charge in [-0.15, -0.1) is 5.10 Å². The van der Waals surface area contributed by atoms with E-state index in [0.717, 1.165) is 12.8 Å². The van der Waals surface area contributed by atoms with E-state index in [1.165, 1.54) is 16.6 Å². The van der Waals surface area contributed by atoms with Gasteiger partial charge in [-0.2, -0.15) is 0 Å². The van der Waals surface area contributed by atoms with Gasteiger partial charge in [0.05, 0.1) is 12.3 Å². The highest BCUT2D eigenvalue weighted by molar-refractivity contribution is 5.90. The molecular weight excluding hydrogens is 398 g/mol. The fraction of sp³-hybridized carbons (Fsp3) is 0.818. The van der Waals surface area contributed by atoms with Crippen LogP contribution in [0.5, 0.6) is 0 Å². The van der Waals surface area contributed by atoms with E-state index in [1.54, 1.807) is 6.20 Å². The molecule has 2 amide bonds. The second-order valence-electron chi connectivity index (χ2n) is 11.1. The number of likely N-dealkylation sites (tertiary alicyclic amines) is 1. The number of carbonyl (C=O) groups is 2. The lowest BCUT2D eigenvalue weighted by atomic mass is 9.70. The molecule has 31 heavy (non-hydrogen) atoms. The van der Waals surface area contributed by atoms with E-state index < -0.39 is 29.2 Å². The largest absolute Gasteiger partial charge is 0.391 e. The Bertz CT molecular complexity index is 818. The molecule has 0 bridgehead atoms. The lowest BCUT2D eigenvalue weighted by Crippen LogP contribution is -2.49. The molecule has 3 rings (SSSR count). The number of aliphatic hydroxyl groups is 2. The summed E-state index contributed by atoms with van der Waals surface area (Å²) in [4.78, 5) is 27.4. The maximum Gasteiger partial charge on any atom is 0.248 e. The average Bonchev–Trinajstić information content (AvgIpc) is 3.30. The summed E-state index contributed by atoms with van der Waals surface area (Å²) in [5.41, 5.74) is -0.903. The third kappa shape index (κ3) is 4.77. The number of nitrogens with zero attached hydrogens (tertiary/aromatic N) is 4. The molecule has 3 atom stereocenters. The summed E-state index contributed by atoms with van der Waals surface area (Å²) in [6, 6.07) is -1.44. The van der Waals surface area contributed by atoms with Crippen LogP contribution in [0.2, 0.25) is 0 Å². The topological polar surface area (TPSA) is 121 Å². The van der Waals surface area contributed by atoms with Crippen LogP contribution in [0.3, 0.4) is 0 Å². The Morgan fingerprint density at radius 3 is 2.39 bits per heavy atom. The standard InChI is InChI=1S/C22H37N5O4/c1-20(2,3)17(19(30)26-12-14(28)11-15(26)18(29)23-6)27-13-16(24-25-27)22(31)9-7-21(4,5)8-10-22/h13-15,17,28,31H,7-12H2,1-6H3,(H,23,29)/t14?,15?,17-/m1/s1. The van der Waals surface area contributed by atoms with Crippen LogP contribution >= 0.6 is 0 Å². The van der Waals surface area contributed by atoms with E-state index >= 15 is 0 Å². The van der Waals surface area contributed by atoms with Crippen molar-refractivity contribution in [1.29, 1.82) is 0 Å². The summed E-state index contributed by atoms with van der Waals surface area (Å²) in [5.74, 6) is -0.582. The number of hydrogen-bond acceptors (Lipinski definition) is 6. The van der Waals surface area contributed by atoms with Crippen molar-refractivity contribution in [3.05, 3.63) is 11.9 Å². The van der Waals surface area contributed by atoms with E-state index in [2.05, 4.69) is 29.5 Å². The maximum atomic E-state index is 13.6. The van der Waals surface area contributed by atoms with Gasteiger partial charge in [0.1, 0.15) is 23.4 Å². The van der Waals surface area contributed by atoms with Gasteiger partial charge < -0.3 is 20.4 Å². The molecule has 1 aliphatic heterocycles. The van der Waals surface area contributed by atoms with Crippen molar-refractivity contribution in [3.63, 3.8) is 0 Å². The Labute approximate surface area is 184 Å². The van der Waals surface area contributed by atoms with Crippen LogP contribution in [0, 0.1) is 10.8 Å². The predicted molar refractivity (Wildman–Crippen MR) is 115 cm³/mol. The van der Waals surface area contributed by atoms with Crippen molar-refractivity contribution in [1.82, 2.24) is 25.2 Å². The second kappa shape index (κ2) is 8.16. The van der Waals surface area contributed by atoms with Crippen LogP contribution in [0.4, 0.5) is 0 Å². The summed E-state index contributed by atoms with van der Waals surface area (Å²) in [6.45, 7) is 10.3. The number of β-amino-alcohol motifs (C(OH)–C–C–N with tert-alkyl or cyclic N) is 1. The summed E-state index contributed by atoms with van der Waals surface area (Å²) < 4.78 is 1.51. The third-order valence-corrected chi connectivity index (χ3v) is 6.85. The zero-order chi connectivity index (χ0) is 23.2. The van der Waals surface area contributed by atoms with E-state index in [0.29, 0.717) is 18.5 Å². The van der Waals surface area contributed by atoms with Gasteiger partial charge >= 0.3 is 0 Å². The highest BCUT2D eigenvalue weighted by Gasteiger charge is 2.46. The van der Waals surface area contributed by atoms with Gasteiger partial charge in [-0.05, 0) is 36.5 Å². The van der Waals surface area contributed by atoms with Gasteiger partial charge in [0.25, 0.3) is 0 Å². The number of nitrogens with one attached hydrogen (secondary N) is 1. The van der Waals surface area contributed by atoms with Gasteiger partial charge in [-0.25, -0.2) is 4.68 Å². The molecule has 0 radical (unpaired) electrons. The first-order valence-corrected chi connectivity index (χ1v) is 11.1. The van der Waals surface area contributed by atoms with Gasteiger partial charge in [0.15, 0.2) is 0 Å². The fourth-order valence-electron chi connectivity index (χ4n) is 4.72. The Kier molecular flexibility index (Phi) is 6.23. The summed E-state index contributed by atoms with van der Waals surface area (Å²) in [7, 11) is 1.52. The van der Waals surface area contributed by atoms with Crippen LogP contribution < -0.4 is 5.32 Å². The quantitative estimate of drug-likeness (QED) is 0.657. The van der Waals surface area contributed by atoms with Crippen molar-refractivity contribution in [2.24, 2.45) is 10.8 Å². The zero-order valence-electron chi connectivity index (χ0n) is 19.6. The number of hydrogen-bond donors (Lipinski definition) is 3. The van der Waals surface area contributed by atoms with Crippen molar-refractivity contribution in [2.75, 3.05) is 13.6 Å². The highest BCUT2D eigenvalue weighted by atomic mass is 16.3. The Morgan fingerprint density at radius 2 is 1.84 bits per heavy atom. The minimum absolute atomic E-state index is 0.101. The highest BCUT2D eigenvalue weighted by Crippen LogP contribution is 2.45. The minimum Gasteiger partial charge on any atom is -0.391 e. The molecule has 1 saturated carbocycles. The van der Waals surface area contributed by atoms with Gasteiger partial charge in [-0.3, -0.25) is 9.59 Å². The molecule has 0 spiro atoms. The summed E-state index contributed by atoms with van der Waals surface area (Å²) in [5, 5.41) is 32.4. The van der Waals surface area contributed by atoms with Crippen LogP contribution in [0.25, 0.3) is 0 Å². The van der Waals surface area contributed by atoms with Gasteiger partial charge in [0, 0.05) is 20.0 Å². The molecule has 2 aliphatic rings. The molecule has 3 N–H and O–H groups in total. The molecule has 9 nitrogen and oxygen atoms in total. The lowest BCUT2D eigenvalue weighted by Gasteiger charge is -2.39. The fourth-order valence-corrected chi connectivity index (χ4v) is 4.72. The van der Waals surface area contributed by atoms with E-state index in [1.807, 2.05) is 20.8 Å². The van der Waals surface area contributed by atoms with Crippen LogP contribution in [0.15, 0.2) is 6.20 Å². The number of carbonyl (C=O) groups excluding carboxylic acids is 2. The van der Waals surface area contributed by atoms with E-state index in [4.69, 9.17) is 0 Å². The molecule has 174 valence electrons. The summed E-state index contributed by atoms with van der Waals surface area (Å²) >= 11 is 0. The monoisotopic (exact) mass is 435 g/mol. The number of aromatic nitrogens is 3. The maximum absolute atomic E-state index is 13.6. The smallest absolute Gasteiger partial charge is 0.248 e. The molecule has 2 heterocycles. The van der Waals surface area contributed by atoms with Crippen LogP contribution in [-0.4, -0.2) is 67.7 Å². The zero-order valence-corrected chi connectivity index (χ0v) is 19.6. The van der Waals surface area contributed by atoms with E-state index in [9.17, 15) is 19.8 Å². The van der Waals surface area contributed by atoms with Crippen molar-refractivity contribution in [2.45, 2.75) is 90.5 Å². The first-order valence-electron chi connectivity index (χ1n) is 11.1. The van der Waals surface area contributed by atoms with Crippen molar-refractivity contribution >= 4 is 11.8 Å². The number of aliphatic hydroxyl groups excluding tert-OH is 1. The van der Waals surface area contributed by atoms with Gasteiger partial charge in [0.2, 0.25) is 11.8 Å². The van der Waals surface area contributed by atoms with Crippen molar-refractivity contribution < 1.29 is 19.8 Å². The Morgan fingerprint density at radius 1 is 1.23 bits per heavy atom. The van der Waals surface area contributed by atoms with Crippen LogP contribution in [0.1, 0.15) is 78.5 Å². The molecule has 1 saturated heterocycles. The molecule has 1 aliphatic carbocycles. The molecule has 2 unspecified atom stereocenters. The summed E-state index contributed by atoms with van der Waals surface area (Å²) in [6.07, 6.45) is 4.11. The number of rotatable bonds is 4. The second-order valence-corrected chi connectivity index (χ2v) is 11.1. The first kappa shape index (κ1) is 23.7. The number of amides is 2. The predicted octanol–water partition coefficient (Wildman–Crippen LogP) is 1.36. The molecule has 1 aromatic heterocycles. The Hall–Kier alpha value is -2.00. The van der Waals surface area contributed by atoms with Crippen molar-refractivity contribution in [3.8, 4) is 0 Å². The lowest BCUT2D eigenvalue weighted by molar-refractivity contribution is -0.144. The molecule has 2 fully saturated rings. The SMILES string of the molecule is CNC(=O)C1CC(O)CN1C(=O)[C@@H](n1cc(C2(O)CCC(C)(C)CC2)nn1)C(C)(C)C. The number of likely N-dealkylation sites (N-methyl/N-ethyl adjacent to an activating group) is 1. The van der Waals surface area contributed by atoms with E-state index in [-0.39, 0.29) is 30.2 Å². The minimum atomic E-state index is -1.05. The molecular formula is C22H37N5O4. The first-order chi connectivity index (χ1) is 14.3. The van der Waals surface area contributed by atoms with Crippen LogP contribution in [-0.2, 0) is 15.2 Å².